The number of Topliss-reactive ketones (excluding diaryl/α,β-unsaturated/α-hetero) is 1. The highest BCUT2D eigenvalue weighted by Crippen LogP contribution is 2.30. The molecule has 0 radical (unpaired) electrons. The van der Waals surface area contributed by atoms with Crippen molar-refractivity contribution in [2.75, 3.05) is 18.0 Å². The molecule has 0 bridgehead atoms. The van der Waals surface area contributed by atoms with E-state index in [1.807, 2.05) is 24.5 Å². The number of pyridine rings is 2. The molecule has 0 unspecified atom stereocenters. The molecule has 1 aliphatic rings. The first kappa shape index (κ1) is 19.6. The molecular formula is C24H29N3O2. The van der Waals surface area contributed by atoms with E-state index >= 15 is 0 Å². The molecule has 3 aromatic rings. The summed E-state index contributed by atoms with van der Waals surface area (Å²) < 4.78 is 5.59. The standard InChI is InChI=1S/C24H29N3O2/c1-15(2)19-14-29-23-6-5-20(26-24(19)23)22(28)10-18-11-25-8-7-21(18)27-12-16(3)9-17(4)13-27/h5-8,11,14-17H,9-10,12-13H2,1-4H3/t16-,17+. The third-order valence-corrected chi connectivity index (χ3v) is 5.79. The highest BCUT2D eigenvalue weighted by Gasteiger charge is 2.24. The Morgan fingerprint density at radius 1 is 1.21 bits per heavy atom. The minimum absolute atomic E-state index is 0.00941. The van der Waals surface area contributed by atoms with Crippen molar-refractivity contribution in [1.29, 1.82) is 0 Å². The monoisotopic (exact) mass is 391 g/mol. The molecule has 0 saturated carbocycles. The van der Waals surface area contributed by atoms with Crippen molar-refractivity contribution in [3.05, 3.63) is 53.7 Å². The number of furan rings is 1. The van der Waals surface area contributed by atoms with Crippen molar-refractivity contribution in [1.82, 2.24) is 9.97 Å². The number of anilines is 1. The van der Waals surface area contributed by atoms with Crippen molar-refractivity contribution in [2.24, 2.45) is 11.8 Å². The molecule has 0 aromatic carbocycles. The van der Waals surface area contributed by atoms with Gasteiger partial charge >= 0.3 is 0 Å². The molecule has 4 rings (SSSR count). The van der Waals surface area contributed by atoms with Gasteiger partial charge in [0.25, 0.3) is 0 Å². The van der Waals surface area contributed by atoms with Crippen molar-refractivity contribution in [3.63, 3.8) is 0 Å². The molecular weight excluding hydrogens is 362 g/mol. The second kappa shape index (κ2) is 7.97. The molecule has 0 spiro atoms. The minimum atomic E-state index is 0.00941. The third kappa shape index (κ3) is 4.04. The van der Waals surface area contributed by atoms with Crippen LogP contribution < -0.4 is 4.90 Å². The summed E-state index contributed by atoms with van der Waals surface area (Å²) in [5, 5.41) is 0. The fourth-order valence-corrected chi connectivity index (χ4v) is 4.48. The Morgan fingerprint density at radius 2 is 1.97 bits per heavy atom. The number of fused-ring (bicyclic) bond motifs is 1. The van der Waals surface area contributed by atoms with Gasteiger partial charge in [-0.15, -0.1) is 0 Å². The van der Waals surface area contributed by atoms with E-state index < -0.39 is 0 Å². The summed E-state index contributed by atoms with van der Waals surface area (Å²) in [6, 6.07) is 5.65. The van der Waals surface area contributed by atoms with E-state index in [4.69, 9.17) is 4.42 Å². The van der Waals surface area contributed by atoms with Crippen molar-refractivity contribution >= 4 is 22.6 Å². The molecule has 5 nitrogen and oxygen atoms in total. The molecule has 1 saturated heterocycles. The lowest BCUT2D eigenvalue weighted by atomic mass is 9.91. The number of carbonyl (C=O) groups is 1. The Bertz CT molecular complexity index is 1010. The van der Waals surface area contributed by atoms with Crippen LogP contribution in [-0.4, -0.2) is 28.8 Å². The zero-order chi connectivity index (χ0) is 20.5. The zero-order valence-corrected chi connectivity index (χ0v) is 17.7. The molecule has 0 amide bonds. The maximum Gasteiger partial charge on any atom is 0.185 e. The summed E-state index contributed by atoms with van der Waals surface area (Å²) in [5.41, 5.74) is 5.12. The second-order valence-electron chi connectivity index (χ2n) is 8.84. The van der Waals surface area contributed by atoms with Crippen LogP contribution in [0.15, 0.2) is 41.3 Å². The topological polar surface area (TPSA) is 59.2 Å². The molecule has 2 atom stereocenters. The Morgan fingerprint density at radius 3 is 2.69 bits per heavy atom. The SMILES string of the molecule is CC(C)c1coc2ccc(C(=O)Cc3cnccc3N3C[C@H](C)C[C@H](C)C3)nc12. The van der Waals surface area contributed by atoms with E-state index in [1.165, 1.54) is 6.42 Å². The Hall–Kier alpha value is -2.69. The lowest BCUT2D eigenvalue weighted by molar-refractivity contribution is 0.0988. The van der Waals surface area contributed by atoms with Crippen LogP contribution in [0.25, 0.3) is 11.1 Å². The Balaban J connectivity index is 1.61. The van der Waals surface area contributed by atoms with E-state index in [1.54, 1.807) is 12.3 Å². The first-order valence-corrected chi connectivity index (χ1v) is 10.5. The molecule has 152 valence electrons. The summed E-state index contributed by atoms with van der Waals surface area (Å²) in [6.07, 6.45) is 6.94. The minimum Gasteiger partial charge on any atom is -0.462 e. The summed E-state index contributed by atoms with van der Waals surface area (Å²) in [4.78, 5) is 24.4. The number of hydrogen-bond acceptors (Lipinski definition) is 5. The maximum atomic E-state index is 13.1. The van der Waals surface area contributed by atoms with E-state index in [2.05, 4.69) is 42.6 Å². The van der Waals surface area contributed by atoms with Gasteiger partial charge in [0.1, 0.15) is 11.2 Å². The van der Waals surface area contributed by atoms with Gasteiger partial charge in [-0.1, -0.05) is 27.7 Å². The molecule has 1 fully saturated rings. The molecule has 0 N–H and O–H groups in total. The number of nitrogens with zero attached hydrogens (tertiary/aromatic N) is 3. The van der Waals surface area contributed by atoms with Crippen LogP contribution in [0.1, 0.15) is 61.6 Å². The van der Waals surface area contributed by atoms with Gasteiger partial charge in [0, 0.05) is 48.7 Å². The number of ketones is 1. The zero-order valence-electron chi connectivity index (χ0n) is 17.7. The smallest absolute Gasteiger partial charge is 0.185 e. The lowest BCUT2D eigenvalue weighted by Crippen LogP contribution is -2.39. The van der Waals surface area contributed by atoms with Gasteiger partial charge in [-0.25, -0.2) is 4.98 Å². The van der Waals surface area contributed by atoms with Gasteiger partial charge in [-0.2, -0.15) is 0 Å². The van der Waals surface area contributed by atoms with Crippen LogP contribution in [0.3, 0.4) is 0 Å². The first-order valence-electron chi connectivity index (χ1n) is 10.5. The average Bonchev–Trinajstić information content (AvgIpc) is 3.11. The fourth-order valence-electron chi connectivity index (χ4n) is 4.48. The van der Waals surface area contributed by atoms with Crippen LogP contribution in [-0.2, 0) is 6.42 Å². The maximum absolute atomic E-state index is 13.1. The largest absolute Gasteiger partial charge is 0.462 e. The summed E-state index contributed by atoms with van der Waals surface area (Å²) in [5.74, 6) is 1.60. The number of aromatic nitrogens is 2. The van der Waals surface area contributed by atoms with E-state index in [9.17, 15) is 4.79 Å². The van der Waals surface area contributed by atoms with Gasteiger partial charge in [-0.3, -0.25) is 9.78 Å². The molecule has 5 heteroatoms. The first-order chi connectivity index (χ1) is 13.9. The van der Waals surface area contributed by atoms with Gasteiger partial charge in [-0.05, 0) is 42.4 Å². The normalized spacial score (nSPS) is 19.8. The molecule has 4 heterocycles. The summed E-state index contributed by atoms with van der Waals surface area (Å²) >= 11 is 0. The second-order valence-corrected chi connectivity index (χ2v) is 8.84. The molecule has 0 aliphatic carbocycles. The predicted octanol–water partition coefficient (Wildman–Crippen LogP) is 5.25. The molecule has 3 aromatic heterocycles. The predicted molar refractivity (Wildman–Crippen MR) is 116 cm³/mol. The van der Waals surface area contributed by atoms with Crippen molar-refractivity contribution < 1.29 is 9.21 Å². The van der Waals surface area contributed by atoms with Crippen LogP contribution in [0.2, 0.25) is 0 Å². The van der Waals surface area contributed by atoms with Crippen LogP contribution in [0.5, 0.6) is 0 Å². The van der Waals surface area contributed by atoms with Crippen molar-refractivity contribution in [2.45, 2.75) is 46.5 Å². The van der Waals surface area contributed by atoms with Crippen LogP contribution in [0, 0.1) is 11.8 Å². The summed E-state index contributed by atoms with van der Waals surface area (Å²) in [6.45, 7) is 10.8. The van der Waals surface area contributed by atoms with Gasteiger partial charge in [0.2, 0.25) is 0 Å². The average molecular weight is 392 g/mol. The summed E-state index contributed by atoms with van der Waals surface area (Å²) in [7, 11) is 0. The number of carbonyl (C=O) groups excluding carboxylic acids is 1. The highest BCUT2D eigenvalue weighted by molar-refractivity contribution is 5.98. The van der Waals surface area contributed by atoms with E-state index in [-0.39, 0.29) is 5.78 Å². The molecule has 1 aliphatic heterocycles. The van der Waals surface area contributed by atoms with E-state index in [0.717, 1.165) is 41.0 Å². The Kier molecular flexibility index (Phi) is 5.39. The van der Waals surface area contributed by atoms with Gasteiger partial charge < -0.3 is 9.32 Å². The third-order valence-electron chi connectivity index (χ3n) is 5.79. The van der Waals surface area contributed by atoms with Crippen molar-refractivity contribution in [3.8, 4) is 0 Å². The lowest BCUT2D eigenvalue weighted by Gasteiger charge is -2.37. The fraction of sp³-hybridized carbons (Fsp3) is 0.458. The van der Waals surface area contributed by atoms with Gasteiger partial charge in [0.15, 0.2) is 11.4 Å². The quantitative estimate of drug-likeness (QED) is 0.556. The Labute approximate surface area is 172 Å². The number of piperidine rings is 1. The highest BCUT2D eigenvalue weighted by atomic mass is 16.3. The molecule has 29 heavy (non-hydrogen) atoms. The van der Waals surface area contributed by atoms with Crippen LogP contribution in [0.4, 0.5) is 5.69 Å². The van der Waals surface area contributed by atoms with E-state index in [0.29, 0.717) is 29.9 Å². The van der Waals surface area contributed by atoms with Gasteiger partial charge in [0.05, 0.1) is 6.26 Å². The van der Waals surface area contributed by atoms with Crippen LogP contribution >= 0.6 is 0 Å². The number of rotatable bonds is 5. The number of hydrogen-bond donors (Lipinski definition) is 0.